The quantitative estimate of drug-likeness (QED) is 0.350. The second kappa shape index (κ2) is 11.1. The molecule has 0 atom stereocenters. The second-order valence-corrected chi connectivity index (χ2v) is 8.88. The van der Waals surface area contributed by atoms with E-state index in [0.29, 0.717) is 28.7 Å². The van der Waals surface area contributed by atoms with Crippen LogP contribution < -0.4 is 10.1 Å². The van der Waals surface area contributed by atoms with Gasteiger partial charge in [0.2, 0.25) is 5.91 Å². The summed E-state index contributed by atoms with van der Waals surface area (Å²) in [6.07, 6.45) is 1.41. The zero-order valence-corrected chi connectivity index (χ0v) is 20.1. The number of aryl methyl sites for hydroxylation is 1. The highest BCUT2D eigenvalue weighted by Gasteiger charge is 2.19. The molecule has 8 nitrogen and oxygen atoms in total. The maximum absolute atomic E-state index is 12.6. The van der Waals surface area contributed by atoms with Crippen molar-refractivity contribution in [1.29, 1.82) is 0 Å². The Morgan fingerprint density at radius 3 is 2.53 bits per heavy atom. The fourth-order valence-corrected chi connectivity index (χ4v) is 4.89. The Morgan fingerprint density at radius 1 is 1.16 bits per heavy atom. The van der Waals surface area contributed by atoms with Gasteiger partial charge < -0.3 is 19.4 Å². The molecule has 1 amide bonds. The Balaban J connectivity index is 1.65. The SMILES string of the molecule is CCc1cc(C(=O)OC)c(NC(=O)CSc2nnc(Cc3ccc(OC)cc3)n2CC)s1. The Labute approximate surface area is 195 Å². The van der Waals surface area contributed by atoms with Gasteiger partial charge in [0, 0.05) is 17.8 Å². The molecule has 0 saturated carbocycles. The van der Waals surface area contributed by atoms with Crippen LogP contribution in [-0.2, 0) is 28.9 Å². The molecule has 10 heteroatoms. The van der Waals surface area contributed by atoms with E-state index in [2.05, 4.69) is 15.5 Å². The Kier molecular flexibility index (Phi) is 8.29. The summed E-state index contributed by atoms with van der Waals surface area (Å²) in [5, 5.41) is 12.6. The predicted octanol–water partition coefficient (Wildman–Crippen LogP) is 4.04. The summed E-state index contributed by atoms with van der Waals surface area (Å²) in [6, 6.07) is 9.59. The van der Waals surface area contributed by atoms with Crippen molar-refractivity contribution >= 4 is 40.0 Å². The summed E-state index contributed by atoms with van der Waals surface area (Å²) in [7, 11) is 2.97. The normalized spacial score (nSPS) is 10.8. The van der Waals surface area contributed by atoms with E-state index < -0.39 is 5.97 Å². The number of hydrogen-bond acceptors (Lipinski definition) is 8. The summed E-state index contributed by atoms with van der Waals surface area (Å²) in [6.45, 7) is 4.71. The number of anilines is 1. The number of aromatic nitrogens is 3. The number of carbonyl (C=O) groups is 2. The number of esters is 1. The third-order valence-electron chi connectivity index (χ3n) is 4.75. The molecule has 3 rings (SSSR count). The molecule has 2 aromatic heterocycles. The van der Waals surface area contributed by atoms with Crippen molar-refractivity contribution < 1.29 is 19.1 Å². The zero-order chi connectivity index (χ0) is 23.1. The van der Waals surface area contributed by atoms with E-state index in [1.807, 2.05) is 42.7 Å². The first-order chi connectivity index (χ1) is 15.5. The van der Waals surface area contributed by atoms with Crippen molar-refractivity contribution in [2.24, 2.45) is 0 Å². The molecule has 0 spiro atoms. The Morgan fingerprint density at radius 2 is 1.91 bits per heavy atom. The number of nitrogens with zero attached hydrogens (tertiary/aromatic N) is 3. The van der Waals surface area contributed by atoms with Gasteiger partial charge in [-0.1, -0.05) is 30.8 Å². The Hall–Kier alpha value is -2.85. The number of carbonyl (C=O) groups excluding carboxylic acids is 2. The van der Waals surface area contributed by atoms with Crippen LogP contribution in [0, 0.1) is 0 Å². The van der Waals surface area contributed by atoms with Gasteiger partial charge in [-0.3, -0.25) is 4.79 Å². The van der Waals surface area contributed by atoms with Crippen molar-refractivity contribution in [3.63, 3.8) is 0 Å². The molecule has 1 aromatic carbocycles. The fourth-order valence-electron chi connectivity index (χ4n) is 3.06. The molecule has 170 valence electrons. The van der Waals surface area contributed by atoms with Gasteiger partial charge in [-0.25, -0.2) is 4.79 Å². The number of amides is 1. The minimum atomic E-state index is -0.460. The molecule has 0 fully saturated rings. The number of thioether (sulfide) groups is 1. The number of benzene rings is 1. The van der Waals surface area contributed by atoms with Crippen LogP contribution in [0.4, 0.5) is 5.00 Å². The van der Waals surface area contributed by atoms with Gasteiger partial charge in [-0.15, -0.1) is 21.5 Å². The van der Waals surface area contributed by atoms with Gasteiger partial charge in [0.25, 0.3) is 0 Å². The standard InChI is InChI=1S/C22H26N4O4S2/c1-5-16-12-17(21(28)30-4)20(32-16)23-19(27)13-31-22-25-24-18(26(22)6-2)11-14-7-9-15(29-3)10-8-14/h7-10,12H,5-6,11,13H2,1-4H3,(H,23,27). The average Bonchev–Trinajstić information content (AvgIpc) is 3.40. The number of nitrogens with one attached hydrogen (secondary N) is 1. The summed E-state index contributed by atoms with van der Waals surface area (Å²) in [5.41, 5.74) is 1.48. The molecule has 2 heterocycles. The molecule has 0 bridgehead atoms. The molecule has 0 aliphatic rings. The van der Waals surface area contributed by atoms with E-state index in [0.717, 1.165) is 28.4 Å². The molecule has 1 N–H and O–H groups in total. The van der Waals surface area contributed by atoms with Crippen LogP contribution in [0.5, 0.6) is 5.75 Å². The minimum absolute atomic E-state index is 0.153. The number of methoxy groups -OCH3 is 2. The van der Waals surface area contributed by atoms with Gasteiger partial charge >= 0.3 is 5.97 Å². The molecular weight excluding hydrogens is 448 g/mol. The van der Waals surface area contributed by atoms with E-state index in [1.165, 1.54) is 30.2 Å². The highest BCUT2D eigenvalue weighted by Crippen LogP contribution is 2.29. The van der Waals surface area contributed by atoms with Crippen LogP contribution in [-0.4, -0.2) is 46.6 Å². The predicted molar refractivity (Wildman–Crippen MR) is 126 cm³/mol. The molecule has 3 aromatic rings. The molecule has 32 heavy (non-hydrogen) atoms. The Bertz CT molecular complexity index is 1080. The van der Waals surface area contributed by atoms with Crippen LogP contribution in [0.25, 0.3) is 0 Å². The third-order valence-corrected chi connectivity index (χ3v) is 6.91. The molecule has 0 saturated heterocycles. The van der Waals surface area contributed by atoms with Gasteiger partial charge in [0.15, 0.2) is 5.16 Å². The minimum Gasteiger partial charge on any atom is -0.497 e. The monoisotopic (exact) mass is 474 g/mol. The highest BCUT2D eigenvalue weighted by atomic mass is 32.2. The van der Waals surface area contributed by atoms with Crippen LogP contribution in [0.1, 0.15) is 40.5 Å². The molecule has 0 aliphatic carbocycles. The summed E-state index contributed by atoms with van der Waals surface area (Å²) in [5.74, 6) is 1.12. The summed E-state index contributed by atoms with van der Waals surface area (Å²) in [4.78, 5) is 25.6. The number of thiophene rings is 1. The van der Waals surface area contributed by atoms with Crippen molar-refractivity contribution in [2.45, 2.75) is 38.4 Å². The highest BCUT2D eigenvalue weighted by molar-refractivity contribution is 7.99. The molecule has 0 aliphatic heterocycles. The van der Waals surface area contributed by atoms with Gasteiger partial charge in [-0.05, 0) is 37.1 Å². The van der Waals surface area contributed by atoms with E-state index in [9.17, 15) is 9.59 Å². The third kappa shape index (κ3) is 5.68. The van der Waals surface area contributed by atoms with E-state index >= 15 is 0 Å². The maximum atomic E-state index is 12.6. The first-order valence-corrected chi connectivity index (χ1v) is 12.0. The van der Waals surface area contributed by atoms with Gasteiger partial charge in [0.1, 0.15) is 16.6 Å². The molecule has 0 unspecified atom stereocenters. The van der Waals surface area contributed by atoms with E-state index in [4.69, 9.17) is 9.47 Å². The molecule has 0 radical (unpaired) electrons. The van der Waals surface area contributed by atoms with Crippen LogP contribution in [0.15, 0.2) is 35.5 Å². The largest absolute Gasteiger partial charge is 0.497 e. The number of rotatable bonds is 10. The number of hydrogen-bond donors (Lipinski definition) is 1. The lowest BCUT2D eigenvalue weighted by Gasteiger charge is -2.08. The average molecular weight is 475 g/mol. The van der Waals surface area contributed by atoms with Crippen LogP contribution in [0.3, 0.4) is 0 Å². The first-order valence-electron chi connectivity index (χ1n) is 10.2. The zero-order valence-electron chi connectivity index (χ0n) is 18.5. The smallest absolute Gasteiger partial charge is 0.340 e. The van der Waals surface area contributed by atoms with Crippen molar-refractivity contribution in [1.82, 2.24) is 14.8 Å². The van der Waals surface area contributed by atoms with Crippen LogP contribution in [0.2, 0.25) is 0 Å². The van der Waals surface area contributed by atoms with Crippen molar-refractivity contribution in [3.05, 3.63) is 52.2 Å². The van der Waals surface area contributed by atoms with Gasteiger partial charge in [0.05, 0.1) is 25.5 Å². The van der Waals surface area contributed by atoms with E-state index in [1.54, 1.807) is 13.2 Å². The first kappa shape index (κ1) is 23.8. The maximum Gasteiger partial charge on any atom is 0.340 e. The van der Waals surface area contributed by atoms with Crippen molar-refractivity contribution in [2.75, 3.05) is 25.3 Å². The number of ether oxygens (including phenoxy) is 2. The summed E-state index contributed by atoms with van der Waals surface area (Å²) < 4.78 is 12.0. The second-order valence-electron chi connectivity index (χ2n) is 6.81. The summed E-state index contributed by atoms with van der Waals surface area (Å²) >= 11 is 2.70. The fraction of sp³-hybridized carbons (Fsp3) is 0.364. The van der Waals surface area contributed by atoms with Gasteiger partial charge in [-0.2, -0.15) is 0 Å². The topological polar surface area (TPSA) is 95.3 Å². The lowest BCUT2D eigenvalue weighted by molar-refractivity contribution is -0.113. The van der Waals surface area contributed by atoms with Crippen LogP contribution >= 0.6 is 23.1 Å². The lowest BCUT2D eigenvalue weighted by Crippen LogP contribution is -2.16. The van der Waals surface area contributed by atoms with Crippen molar-refractivity contribution in [3.8, 4) is 5.75 Å². The van der Waals surface area contributed by atoms with E-state index in [-0.39, 0.29) is 11.7 Å². The lowest BCUT2D eigenvalue weighted by atomic mass is 10.1. The molecular formula is C22H26N4O4S2.